The second kappa shape index (κ2) is 6.52. The van der Waals surface area contributed by atoms with Crippen LogP contribution in [0.2, 0.25) is 5.02 Å². The summed E-state index contributed by atoms with van der Waals surface area (Å²) in [6.07, 6.45) is 0. The molecule has 0 aliphatic heterocycles. The Morgan fingerprint density at radius 2 is 2.05 bits per heavy atom. The molecule has 0 saturated heterocycles. The molecule has 1 heterocycles. The molecule has 4 nitrogen and oxygen atoms in total. The maximum absolute atomic E-state index is 9.22. The minimum atomic E-state index is -0.337. The van der Waals surface area contributed by atoms with Crippen LogP contribution in [-0.2, 0) is 6.54 Å². The highest BCUT2D eigenvalue weighted by Crippen LogP contribution is 2.31. The zero-order valence-corrected chi connectivity index (χ0v) is 13.2. The third kappa shape index (κ3) is 4.00. The van der Waals surface area contributed by atoms with Crippen molar-refractivity contribution < 1.29 is 14.3 Å². The summed E-state index contributed by atoms with van der Waals surface area (Å²) in [7, 11) is 1.58. The van der Waals surface area contributed by atoms with Gasteiger partial charge in [-0.25, -0.2) is 0 Å². The van der Waals surface area contributed by atoms with Gasteiger partial charge in [0.1, 0.15) is 17.3 Å². The Morgan fingerprint density at radius 3 is 2.67 bits per heavy atom. The van der Waals surface area contributed by atoms with E-state index in [1.54, 1.807) is 7.11 Å². The van der Waals surface area contributed by atoms with Gasteiger partial charge < -0.3 is 19.6 Å². The summed E-state index contributed by atoms with van der Waals surface area (Å²) in [4.78, 5) is 0. The van der Waals surface area contributed by atoms with Crippen LogP contribution in [-0.4, -0.2) is 24.4 Å². The summed E-state index contributed by atoms with van der Waals surface area (Å²) in [6.45, 7) is 4.48. The molecule has 0 unspecified atom stereocenters. The molecule has 0 bridgehead atoms. The van der Waals surface area contributed by atoms with Crippen molar-refractivity contribution >= 4 is 11.6 Å². The minimum absolute atomic E-state index is 0.0641. The summed E-state index contributed by atoms with van der Waals surface area (Å²) in [6, 6.07) is 9.34. The molecule has 0 fully saturated rings. The molecule has 0 spiro atoms. The Morgan fingerprint density at radius 1 is 1.29 bits per heavy atom. The van der Waals surface area contributed by atoms with Gasteiger partial charge in [-0.15, -0.1) is 0 Å². The average molecular weight is 310 g/mol. The average Bonchev–Trinajstić information content (AvgIpc) is 2.94. The Labute approximate surface area is 129 Å². The van der Waals surface area contributed by atoms with Gasteiger partial charge in [0.15, 0.2) is 0 Å². The van der Waals surface area contributed by atoms with Crippen molar-refractivity contribution in [1.29, 1.82) is 0 Å². The number of hydrogen-bond acceptors (Lipinski definition) is 4. The molecule has 0 radical (unpaired) electrons. The highest BCUT2D eigenvalue weighted by molar-refractivity contribution is 6.32. The SMILES string of the molecule is COc1ccc(-c2ccc(CNC(C)(C)CO)o2)cc1Cl. The van der Waals surface area contributed by atoms with Gasteiger partial charge in [0.2, 0.25) is 0 Å². The molecule has 1 aromatic heterocycles. The predicted molar refractivity (Wildman–Crippen MR) is 83.7 cm³/mol. The van der Waals surface area contributed by atoms with Crippen molar-refractivity contribution in [3.05, 3.63) is 41.1 Å². The van der Waals surface area contributed by atoms with E-state index in [4.69, 9.17) is 20.8 Å². The van der Waals surface area contributed by atoms with Crippen molar-refractivity contribution in [3.8, 4) is 17.1 Å². The lowest BCUT2D eigenvalue weighted by Crippen LogP contribution is -2.41. The van der Waals surface area contributed by atoms with Gasteiger partial charge in [-0.2, -0.15) is 0 Å². The molecule has 0 saturated carbocycles. The number of nitrogens with one attached hydrogen (secondary N) is 1. The molecule has 2 N–H and O–H groups in total. The quantitative estimate of drug-likeness (QED) is 0.858. The highest BCUT2D eigenvalue weighted by Gasteiger charge is 2.16. The number of benzene rings is 1. The van der Waals surface area contributed by atoms with Crippen LogP contribution < -0.4 is 10.1 Å². The Kier molecular flexibility index (Phi) is 4.93. The van der Waals surface area contributed by atoms with Crippen molar-refractivity contribution in [1.82, 2.24) is 5.32 Å². The number of ether oxygens (including phenoxy) is 1. The van der Waals surface area contributed by atoms with Crippen molar-refractivity contribution in [2.45, 2.75) is 25.9 Å². The van der Waals surface area contributed by atoms with Gasteiger partial charge in [-0.3, -0.25) is 0 Å². The number of aliphatic hydroxyl groups excluding tert-OH is 1. The van der Waals surface area contributed by atoms with Crippen LogP contribution >= 0.6 is 11.6 Å². The predicted octanol–water partition coefficient (Wildman–Crippen LogP) is 3.47. The molecule has 2 rings (SSSR count). The maximum atomic E-state index is 9.22. The van der Waals surface area contributed by atoms with Gasteiger partial charge in [0, 0.05) is 11.1 Å². The molecule has 0 atom stereocenters. The largest absolute Gasteiger partial charge is 0.495 e. The first kappa shape index (κ1) is 15.9. The molecule has 0 aliphatic carbocycles. The van der Waals surface area contributed by atoms with Gasteiger partial charge in [0.25, 0.3) is 0 Å². The molecule has 21 heavy (non-hydrogen) atoms. The van der Waals surface area contributed by atoms with E-state index in [1.807, 2.05) is 44.2 Å². The summed E-state index contributed by atoms with van der Waals surface area (Å²) in [5, 5.41) is 13.0. The van der Waals surface area contributed by atoms with Crippen LogP contribution in [0, 0.1) is 0 Å². The molecule has 2 aromatic rings. The number of hydrogen-bond donors (Lipinski definition) is 2. The normalized spacial score (nSPS) is 11.7. The zero-order valence-electron chi connectivity index (χ0n) is 12.4. The van der Waals surface area contributed by atoms with Crippen LogP contribution in [0.5, 0.6) is 5.75 Å². The fourth-order valence-electron chi connectivity index (χ4n) is 1.83. The molecular weight excluding hydrogens is 290 g/mol. The second-order valence-corrected chi connectivity index (χ2v) is 5.92. The number of rotatable bonds is 6. The monoisotopic (exact) mass is 309 g/mol. The van der Waals surface area contributed by atoms with Gasteiger partial charge in [0.05, 0.1) is 25.3 Å². The molecular formula is C16H20ClNO3. The van der Waals surface area contributed by atoms with E-state index in [-0.39, 0.29) is 12.1 Å². The van der Waals surface area contributed by atoms with Crippen LogP contribution in [0.15, 0.2) is 34.7 Å². The van der Waals surface area contributed by atoms with E-state index in [1.165, 1.54) is 0 Å². The van der Waals surface area contributed by atoms with Crippen molar-refractivity contribution in [2.75, 3.05) is 13.7 Å². The lowest BCUT2D eigenvalue weighted by molar-refractivity contribution is 0.184. The molecule has 0 aliphatic rings. The fourth-order valence-corrected chi connectivity index (χ4v) is 2.09. The van der Waals surface area contributed by atoms with E-state index >= 15 is 0 Å². The van der Waals surface area contributed by atoms with Crippen LogP contribution in [0.4, 0.5) is 0 Å². The van der Waals surface area contributed by atoms with Crippen molar-refractivity contribution in [2.24, 2.45) is 0 Å². The zero-order chi connectivity index (χ0) is 15.5. The second-order valence-electron chi connectivity index (χ2n) is 5.51. The van der Waals surface area contributed by atoms with Crippen LogP contribution in [0.3, 0.4) is 0 Å². The van der Waals surface area contributed by atoms with Gasteiger partial charge >= 0.3 is 0 Å². The smallest absolute Gasteiger partial charge is 0.137 e. The lowest BCUT2D eigenvalue weighted by atomic mass is 10.1. The van der Waals surface area contributed by atoms with E-state index in [0.29, 0.717) is 17.3 Å². The fraction of sp³-hybridized carbons (Fsp3) is 0.375. The standard InChI is InChI=1S/C16H20ClNO3/c1-16(2,10-19)18-9-12-5-7-14(21-12)11-4-6-15(20-3)13(17)8-11/h4-8,18-19H,9-10H2,1-3H3. The third-order valence-electron chi connectivity index (χ3n) is 3.23. The first-order valence-corrected chi connectivity index (χ1v) is 7.11. The summed E-state index contributed by atoms with van der Waals surface area (Å²) >= 11 is 6.12. The Balaban J connectivity index is 2.11. The first-order valence-electron chi connectivity index (χ1n) is 6.74. The Hall–Kier alpha value is -1.49. The summed E-state index contributed by atoms with van der Waals surface area (Å²) < 4.78 is 10.9. The van der Waals surface area contributed by atoms with E-state index in [9.17, 15) is 5.11 Å². The summed E-state index contributed by atoms with van der Waals surface area (Å²) in [5.74, 6) is 2.19. The minimum Gasteiger partial charge on any atom is -0.495 e. The lowest BCUT2D eigenvalue weighted by Gasteiger charge is -2.22. The van der Waals surface area contributed by atoms with Gasteiger partial charge in [-0.05, 0) is 44.2 Å². The number of aliphatic hydroxyl groups is 1. The van der Waals surface area contributed by atoms with Gasteiger partial charge in [-0.1, -0.05) is 11.6 Å². The third-order valence-corrected chi connectivity index (χ3v) is 3.53. The highest BCUT2D eigenvalue weighted by atomic mass is 35.5. The van der Waals surface area contributed by atoms with Crippen LogP contribution in [0.1, 0.15) is 19.6 Å². The number of methoxy groups -OCH3 is 1. The number of furan rings is 1. The summed E-state index contributed by atoms with van der Waals surface area (Å²) in [5.41, 5.74) is 0.560. The van der Waals surface area contributed by atoms with E-state index in [2.05, 4.69) is 5.32 Å². The topological polar surface area (TPSA) is 54.6 Å². The molecule has 114 valence electrons. The molecule has 1 aromatic carbocycles. The molecule has 0 amide bonds. The maximum Gasteiger partial charge on any atom is 0.137 e. The van der Waals surface area contributed by atoms with Crippen LogP contribution in [0.25, 0.3) is 11.3 Å². The van der Waals surface area contributed by atoms with E-state index < -0.39 is 0 Å². The van der Waals surface area contributed by atoms with E-state index in [0.717, 1.165) is 17.1 Å². The van der Waals surface area contributed by atoms with Crippen molar-refractivity contribution in [3.63, 3.8) is 0 Å². The number of halogens is 1. The molecule has 5 heteroatoms. The Bertz CT molecular complexity index is 607. The first-order chi connectivity index (χ1) is 9.95.